The van der Waals surface area contributed by atoms with Crippen molar-refractivity contribution in [3.8, 4) is 5.82 Å². The van der Waals surface area contributed by atoms with E-state index in [1.165, 1.54) is 10.7 Å². The second-order valence-electron chi connectivity index (χ2n) is 5.52. The van der Waals surface area contributed by atoms with Crippen LogP contribution < -0.4 is 0 Å². The van der Waals surface area contributed by atoms with Crippen LogP contribution in [0, 0.1) is 0 Å². The summed E-state index contributed by atoms with van der Waals surface area (Å²) in [5, 5.41) is 13.5. The number of aliphatic hydroxyl groups excluding tert-OH is 1. The Labute approximate surface area is 133 Å². The number of aromatic nitrogens is 3. The van der Waals surface area contributed by atoms with Crippen LogP contribution in [0.2, 0.25) is 0 Å². The lowest BCUT2D eigenvalue weighted by atomic mass is 9.99. The Kier molecular flexibility index (Phi) is 5.41. The molecule has 2 heterocycles. The minimum absolute atomic E-state index is 0.0870. The Balaban J connectivity index is 2.33. The van der Waals surface area contributed by atoms with Crippen molar-refractivity contribution in [3.05, 3.63) is 41.3 Å². The first-order valence-corrected chi connectivity index (χ1v) is 7.59. The van der Waals surface area contributed by atoms with E-state index < -0.39 is 11.7 Å². The number of halogens is 3. The number of hydrogen-bond acceptors (Lipinski definition) is 3. The largest absolute Gasteiger partial charge is 0.417 e. The van der Waals surface area contributed by atoms with E-state index in [4.69, 9.17) is 5.11 Å². The topological polar surface area (TPSA) is 50.9 Å². The molecule has 2 aromatic heterocycles. The Morgan fingerprint density at radius 1 is 1.30 bits per heavy atom. The zero-order chi connectivity index (χ0) is 17.0. The fourth-order valence-electron chi connectivity index (χ4n) is 2.30. The molecule has 1 unspecified atom stereocenters. The molecule has 0 aliphatic rings. The molecule has 0 fully saturated rings. The number of rotatable bonds is 6. The van der Waals surface area contributed by atoms with Crippen molar-refractivity contribution in [3.63, 3.8) is 0 Å². The van der Waals surface area contributed by atoms with Gasteiger partial charge in [0.2, 0.25) is 0 Å². The monoisotopic (exact) mass is 327 g/mol. The van der Waals surface area contributed by atoms with Gasteiger partial charge < -0.3 is 5.11 Å². The highest BCUT2D eigenvalue weighted by atomic mass is 19.4. The van der Waals surface area contributed by atoms with Gasteiger partial charge in [-0.05, 0) is 37.0 Å². The van der Waals surface area contributed by atoms with Gasteiger partial charge in [-0.1, -0.05) is 13.8 Å². The highest BCUT2D eigenvalue weighted by Gasteiger charge is 2.30. The van der Waals surface area contributed by atoms with E-state index in [1.807, 2.05) is 0 Å². The summed E-state index contributed by atoms with van der Waals surface area (Å²) in [6.45, 7) is 4.19. The molecule has 1 atom stereocenters. The van der Waals surface area contributed by atoms with Crippen LogP contribution in [0.3, 0.4) is 0 Å². The van der Waals surface area contributed by atoms with Gasteiger partial charge in [0.15, 0.2) is 5.82 Å². The van der Waals surface area contributed by atoms with Gasteiger partial charge in [-0.3, -0.25) is 0 Å². The average Bonchev–Trinajstić information content (AvgIpc) is 2.95. The van der Waals surface area contributed by atoms with Gasteiger partial charge >= 0.3 is 6.18 Å². The molecule has 0 radical (unpaired) electrons. The number of aryl methyl sites for hydroxylation is 1. The highest BCUT2D eigenvalue weighted by Crippen LogP contribution is 2.29. The molecular weight excluding hydrogens is 307 g/mol. The first-order valence-electron chi connectivity index (χ1n) is 7.59. The predicted octanol–water partition coefficient (Wildman–Crippen LogP) is 3.72. The third-order valence-electron chi connectivity index (χ3n) is 3.82. The van der Waals surface area contributed by atoms with Crippen molar-refractivity contribution in [2.45, 2.75) is 45.2 Å². The van der Waals surface area contributed by atoms with E-state index in [0.29, 0.717) is 18.7 Å². The van der Waals surface area contributed by atoms with Gasteiger partial charge in [-0.25, -0.2) is 9.67 Å². The van der Waals surface area contributed by atoms with Crippen LogP contribution in [0.15, 0.2) is 24.5 Å². The van der Waals surface area contributed by atoms with Crippen molar-refractivity contribution < 1.29 is 18.3 Å². The number of nitrogens with zero attached hydrogens (tertiary/aromatic N) is 3. The van der Waals surface area contributed by atoms with E-state index >= 15 is 0 Å². The summed E-state index contributed by atoms with van der Waals surface area (Å²) in [4.78, 5) is 3.87. The first kappa shape index (κ1) is 17.5. The minimum atomic E-state index is -4.40. The fraction of sp³-hybridized carbons (Fsp3) is 0.500. The molecule has 126 valence electrons. The quantitative estimate of drug-likeness (QED) is 0.879. The number of aliphatic hydroxyl groups is 1. The first-order chi connectivity index (χ1) is 10.9. The van der Waals surface area contributed by atoms with Crippen LogP contribution in [-0.4, -0.2) is 26.5 Å². The maximum absolute atomic E-state index is 12.6. The summed E-state index contributed by atoms with van der Waals surface area (Å²) in [7, 11) is 0. The smallest absolute Gasteiger partial charge is 0.396 e. The summed E-state index contributed by atoms with van der Waals surface area (Å²) in [5.74, 6) is 0.581. The van der Waals surface area contributed by atoms with E-state index in [9.17, 15) is 13.2 Å². The van der Waals surface area contributed by atoms with Crippen molar-refractivity contribution in [2.75, 3.05) is 6.61 Å². The van der Waals surface area contributed by atoms with E-state index in [1.54, 1.807) is 6.20 Å². The molecule has 4 nitrogen and oxygen atoms in total. The van der Waals surface area contributed by atoms with E-state index in [0.717, 1.165) is 29.9 Å². The molecule has 0 amide bonds. The van der Waals surface area contributed by atoms with Gasteiger partial charge in [0.05, 0.1) is 11.3 Å². The molecule has 23 heavy (non-hydrogen) atoms. The Bertz CT molecular complexity index is 635. The minimum Gasteiger partial charge on any atom is -0.396 e. The maximum atomic E-state index is 12.6. The second-order valence-corrected chi connectivity index (χ2v) is 5.52. The summed E-state index contributed by atoms with van der Waals surface area (Å²) in [5.41, 5.74) is 1.12. The maximum Gasteiger partial charge on any atom is 0.417 e. The Morgan fingerprint density at radius 2 is 2.04 bits per heavy atom. The third kappa shape index (κ3) is 4.10. The van der Waals surface area contributed by atoms with Gasteiger partial charge in [-0.2, -0.15) is 18.3 Å². The molecular formula is C16H20F3N3O. The van der Waals surface area contributed by atoms with Crippen molar-refractivity contribution in [2.24, 2.45) is 0 Å². The predicted molar refractivity (Wildman–Crippen MR) is 80.5 cm³/mol. The SMILES string of the molecule is CCC(C)c1nn(-c2ccc(C(F)(F)F)cn2)cc1CCCO. The lowest BCUT2D eigenvalue weighted by molar-refractivity contribution is -0.137. The molecule has 2 aromatic rings. The molecule has 0 spiro atoms. The second kappa shape index (κ2) is 7.12. The van der Waals surface area contributed by atoms with Crippen molar-refractivity contribution in [1.29, 1.82) is 0 Å². The Hall–Kier alpha value is -1.89. The van der Waals surface area contributed by atoms with Crippen LogP contribution in [0.1, 0.15) is 49.4 Å². The van der Waals surface area contributed by atoms with Gasteiger partial charge in [0.1, 0.15) is 0 Å². The van der Waals surface area contributed by atoms with Crippen molar-refractivity contribution >= 4 is 0 Å². The lowest BCUT2D eigenvalue weighted by Crippen LogP contribution is -2.07. The molecule has 7 heteroatoms. The molecule has 0 bridgehead atoms. The molecule has 0 saturated carbocycles. The van der Waals surface area contributed by atoms with E-state index in [2.05, 4.69) is 23.9 Å². The number of alkyl halides is 3. The van der Waals surface area contributed by atoms with Gasteiger partial charge in [-0.15, -0.1) is 0 Å². The molecule has 2 rings (SSSR count). The summed E-state index contributed by atoms with van der Waals surface area (Å²) in [6, 6.07) is 2.31. The van der Waals surface area contributed by atoms with Crippen LogP contribution in [0.4, 0.5) is 13.2 Å². The van der Waals surface area contributed by atoms with E-state index in [-0.39, 0.29) is 12.5 Å². The molecule has 0 aromatic carbocycles. The molecule has 0 aliphatic carbocycles. The van der Waals surface area contributed by atoms with Crippen molar-refractivity contribution in [1.82, 2.24) is 14.8 Å². The van der Waals surface area contributed by atoms with Crippen LogP contribution >= 0.6 is 0 Å². The van der Waals surface area contributed by atoms with Gasteiger partial charge in [0.25, 0.3) is 0 Å². The zero-order valence-corrected chi connectivity index (χ0v) is 13.1. The third-order valence-corrected chi connectivity index (χ3v) is 3.82. The standard InChI is InChI=1S/C16H20F3N3O/c1-3-11(2)15-12(5-4-8-23)10-22(21-15)14-7-6-13(9-20-14)16(17,18)19/h6-7,9-11,23H,3-5,8H2,1-2H3. The summed E-state index contributed by atoms with van der Waals surface area (Å²) < 4.78 is 39.3. The lowest BCUT2D eigenvalue weighted by Gasteiger charge is -2.08. The molecule has 1 N–H and O–H groups in total. The van der Waals surface area contributed by atoms with Crippen LogP contribution in [-0.2, 0) is 12.6 Å². The van der Waals surface area contributed by atoms with Crippen LogP contribution in [0.25, 0.3) is 5.82 Å². The van der Waals surface area contributed by atoms with Crippen LogP contribution in [0.5, 0.6) is 0 Å². The Morgan fingerprint density at radius 3 is 2.57 bits per heavy atom. The van der Waals surface area contributed by atoms with Gasteiger partial charge in [0, 0.05) is 24.9 Å². The fourth-order valence-corrected chi connectivity index (χ4v) is 2.30. The number of hydrogen-bond donors (Lipinski definition) is 1. The molecule has 0 aliphatic heterocycles. The highest BCUT2D eigenvalue weighted by molar-refractivity contribution is 5.30. The number of pyridine rings is 1. The summed E-state index contributed by atoms with van der Waals surface area (Å²) in [6.07, 6.45) is 0.403. The average molecular weight is 327 g/mol. The summed E-state index contributed by atoms with van der Waals surface area (Å²) >= 11 is 0. The zero-order valence-electron chi connectivity index (χ0n) is 13.1. The normalized spacial score (nSPS) is 13.3. The molecule has 0 saturated heterocycles.